The van der Waals surface area contributed by atoms with E-state index in [-0.39, 0.29) is 0 Å². The monoisotopic (exact) mass is 288 g/mol. The van der Waals surface area contributed by atoms with E-state index in [1.165, 1.54) is 0 Å². The molecule has 0 atom stereocenters. The Morgan fingerprint density at radius 1 is 1.00 bits per heavy atom. The van der Waals surface area contributed by atoms with Gasteiger partial charge in [-0.1, -0.05) is 30.3 Å². The molecule has 4 aromatic rings. The fourth-order valence-corrected chi connectivity index (χ4v) is 2.55. The summed E-state index contributed by atoms with van der Waals surface area (Å²) >= 11 is 0. The van der Waals surface area contributed by atoms with E-state index in [1.54, 1.807) is 24.3 Å². The topological polar surface area (TPSA) is 84.7 Å². The average molecular weight is 288 g/mol. The van der Waals surface area contributed by atoms with Gasteiger partial charge in [-0.15, -0.1) is 0 Å². The molecule has 2 aromatic heterocycles. The molecule has 106 valence electrons. The molecule has 0 spiro atoms. The maximum absolute atomic E-state index is 11.1. The fraction of sp³-hybridized carbons (Fsp3) is 0. The second kappa shape index (κ2) is 4.66. The molecule has 0 radical (unpaired) electrons. The van der Waals surface area contributed by atoms with Gasteiger partial charge < -0.3 is 10.7 Å². The Labute approximate surface area is 125 Å². The van der Waals surface area contributed by atoms with E-state index in [0.717, 1.165) is 27.5 Å². The summed E-state index contributed by atoms with van der Waals surface area (Å²) in [7, 11) is 0. The van der Waals surface area contributed by atoms with E-state index in [0.29, 0.717) is 11.4 Å². The number of para-hydroxylation sites is 1. The summed E-state index contributed by atoms with van der Waals surface area (Å²) in [5.74, 6) is 0.161. The normalized spacial score (nSPS) is 11.1. The van der Waals surface area contributed by atoms with E-state index in [1.807, 2.05) is 30.5 Å². The van der Waals surface area contributed by atoms with Crippen LogP contribution in [0.3, 0.4) is 0 Å². The van der Waals surface area contributed by atoms with Crippen LogP contribution in [0.2, 0.25) is 0 Å². The lowest BCUT2D eigenvalue weighted by Gasteiger charge is -2.01. The number of aromatic amines is 1. The first-order valence-electron chi connectivity index (χ1n) is 6.86. The lowest BCUT2D eigenvalue weighted by molar-refractivity contribution is 0.100. The summed E-state index contributed by atoms with van der Waals surface area (Å²) in [4.78, 5) is 23.4. The Morgan fingerprint density at radius 2 is 1.77 bits per heavy atom. The van der Waals surface area contributed by atoms with Gasteiger partial charge in [0, 0.05) is 33.6 Å². The highest BCUT2D eigenvalue weighted by molar-refractivity contribution is 6.05. The van der Waals surface area contributed by atoms with E-state index >= 15 is 0 Å². The van der Waals surface area contributed by atoms with Crippen LogP contribution < -0.4 is 5.73 Å². The standard InChI is InChI=1S/C17H12N4O/c18-15(22)10-5-7-11(8-6-10)16-19-9-13-12-3-1-2-4-14(12)20-17(13)21-16/h1-9H,(H2,18,22)(H,19,20,21). The first kappa shape index (κ1) is 12.5. The molecule has 0 unspecified atom stereocenters. The Morgan fingerprint density at radius 3 is 2.55 bits per heavy atom. The summed E-state index contributed by atoms with van der Waals surface area (Å²) in [5, 5.41) is 2.10. The maximum Gasteiger partial charge on any atom is 0.248 e. The summed E-state index contributed by atoms with van der Waals surface area (Å²) in [6, 6.07) is 15.0. The number of amides is 1. The second-order valence-corrected chi connectivity index (χ2v) is 5.07. The van der Waals surface area contributed by atoms with Crippen molar-refractivity contribution in [3.05, 3.63) is 60.3 Å². The van der Waals surface area contributed by atoms with Crippen LogP contribution in [0.4, 0.5) is 0 Å². The zero-order chi connectivity index (χ0) is 15.1. The van der Waals surface area contributed by atoms with Crippen LogP contribution >= 0.6 is 0 Å². The SMILES string of the molecule is NC(=O)c1ccc(-c2ncc3c(n2)[nH]c2ccccc23)cc1. The van der Waals surface area contributed by atoms with Gasteiger partial charge in [0.05, 0.1) is 0 Å². The number of hydrogen-bond donors (Lipinski definition) is 2. The first-order chi connectivity index (χ1) is 10.7. The highest BCUT2D eigenvalue weighted by atomic mass is 16.1. The van der Waals surface area contributed by atoms with Crippen molar-refractivity contribution in [1.82, 2.24) is 15.0 Å². The Bertz CT molecular complexity index is 1000. The minimum atomic E-state index is -0.446. The molecule has 2 heterocycles. The number of primary amides is 1. The number of hydrogen-bond acceptors (Lipinski definition) is 3. The molecule has 0 saturated heterocycles. The van der Waals surface area contributed by atoms with Crippen LogP contribution in [0.15, 0.2) is 54.7 Å². The number of nitrogens with zero attached hydrogens (tertiary/aromatic N) is 2. The van der Waals surface area contributed by atoms with Gasteiger partial charge in [0.15, 0.2) is 5.82 Å². The highest BCUT2D eigenvalue weighted by Crippen LogP contribution is 2.25. The fourth-order valence-electron chi connectivity index (χ4n) is 2.55. The first-order valence-corrected chi connectivity index (χ1v) is 6.86. The molecular formula is C17H12N4O. The molecule has 1 amide bonds. The minimum absolute atomic E-state index is 0.446. The average Bonchev–Trinajstić information content (AvgIpc) is 2.92. The quantitative estimate of drug-likeness (QED) is 0.594. The van der Waals surface area contributed by atoms with Gasteiger partial charge in [0.25, 0.3) is 0 Å². The van der Waals surface area contributed by atoms with Crippen molar-refractivity contribution in [2.24, 2.45) is 5.73 Å². The molecule has 2 aromatic carbocycles. The highest BCUT2D eigenvalue weighted by Gasteiger charge is 2.08. The largest absolute Gasteiger partial charge is 0.366 e. The summed E-state index contributed by atoms with van der Waals surface area (Å²) in [5.41, 5.74) is 8.38. The third-order valence-corrected chi connectivity index (χ3v) is 3.69. The molecule has 0 bridgehead atoms. The number of carbonyl (C=O) groups excluding carboxylic acids is 1. The van der Waals surface area contributed by atoms with Crippen LogP contribution in [-0.2, 0) is 0 Å². The van der Waals surface area contributed by atoms with Crippen molar-refractivity contribution in [2.75, 3.05) is 0 Å². The maximum atomic E-state index is 11.1. The Hall–Kier alpha value is -3.21. The number of fused-ring (bicyclic) bond motifs is 3. The molecule has 22 heavy (non-hydrogen) atoms. The summed E-state index contributed by atoms with van der Waals surface area (Å²) in [6.07, 6.45) is 1.82. The number of aromatic nitrogens is 3. The molecule has 0 aliphatic heterocycles. The molecule has 0 aliphatic carbocycles. The lowest BCUT2D eigenvalue weighted by atomic mass is 10.1. The van der Waals surface area contributed by atoms with Gasteiger partial charge in [-0.25, -0.2) is 9.97 Å². The van der Waals surface area contributed by atoms with Crippen LogP contribution in [0.1, 0.15) is 10.4 Å². The second-order valence-electron chi connectivity index (χ2n) is 5.07. The molecule has 4 rings (SSSR count). The smallest absolute Gasteiger partial charge is 0.248 e. The Balaban J connectivity index is 1.85. The molecule has 0 aliphatic rings. The number of nitrogens with two attached hydrogens (primary N) is 1. The number of H-pyrrole nitrogens is 1. The summed E-state index contributed by atoms with van der Waals surface area (Å²) in [6.45, 7) is 0. The molecule has 5 nitrogen and oxygen atoms in total. The number of nitrogens with one attached hydrogen (secondary N) is 1. The number of benzene rings is 2. The predicted molar refractivity (Wildman–Crippen MR) is 85.3 cm³/mol. The van der Waals surface area contributed by atoms with Gasteiger partial charge >= 0.3 is 0 Å². The zero-order valence-electron chi connectivity index (χ0n) is 11.6. The molecule has 5 heteroatoms. The minimum Gasteiger partial charge on any atom is -0.366 e. The Kier molecular flexibility index (Phi) is 2.66. The van der Waals surface area contributed by atoms with Gasteiger partial charge in [-0.05, 0) is 18.2 Å². The zero-order valence-corrected chi connectivity index (χ0v) is 11.6. The van der Waals surface area contributed by atoms with Crippen molar-refractivity contribution in [2.45, 2.75) is 0 Å². The molecule has 0 fully saturated rings. The van der Waals surface area contributed by atoms with Crippen molar-refractivity contribution < 1.29 is 4.79 Å². The van der Waals surface area contributed by atoms with Crippen LogP contribution in [0, 0.1) is 0 Å². The van der Waals surface area contributed by atoms with Gasteiger partial charge in [0.2, 0.25) is 5.91 Å². The van der Waals surface area contributed by atoms with Gasteiger partial charge in [0.1, 0.15) is 5.65 Å². The van der Waals surface area contributed by atoms with Gasteiger partial charge in [-0.2, -0.15) is 0 Å². The van der Waals surface area contributed by atoms with Crippen LogP contribution in [0.25, 0.3) is 33.3 Å². The summed E-state index contributed by atoms with van der Waals surface area (Å²) < 4.78 is 0. The predicted octanol–water partition coefficient (Wildman–Crippen LogP) is 2.88. The van der Waals surface area contributed by atoms with Crippen LogP contribution in [0.5, 0.6) is 0 Å². The number of rotatable bonds is 2. The van der Waals surface area contributed by atoms with Gasteiger partial charge in [-0.3, -0.25) is 4.79 Å². The molecule has 0 saturated carbocycles. The van der Waals surface area contributed by atoms with Crippen molar-refractivity contribution in [3.8, 4) is 11.4 Å². The van der Waals surface area contributed by atoms with E-state index < -0.39 is 5.91 Å². The van der Waals surface area contributed by atoms with Crippen molar-refractivity contribution in [3.63, 3.8) is 0 Å². The van der Waals surface area contributed by atoms with Crippen molar-refractivity contribution in [1.29, 1.82) is 0 Å². The van der Waals surface area contributed by atoms with E-state index in [2.05, 4.69) is 15.0 Å². The molecule has 3 N–H and O–H groups in total. The third-order valence-electron chi connectivity index (χ3n) is 3.69. The van der Waals surface area contributed by atoms with E-state index in [9.17, 15) is 4.79 Å². The van der Waals surface area contributed by atoms with Crippen LogP contribution in [-0.4, -0.2) is 20.9 Å². The third kappa shape index (κ3) is 1.91. The lowest BCUT2D eigenvalue weighted by Crippen LogP contribution is -2.10. The van der Waals surface area contributed by atoms with E-state index in [4.69, 9.17) is 5.73 Å². The molecular weight excluding hydrogens is 276 g/mol. The van der Waals surface area contributed by atoms with Crippen molar-refractivity contribution >= 4 is 27.8 Å². The number of carbonyl (C=O) groups is 1.